The summed E-state index contributed by atoms with van der Waals surface area (Å²) in [4.78, 5) is 7.51. The molecule has 0 spiro atoms. The van der Waals surface area contributed by atoms with Crippen molar-refractivity contribution in [1.29, 1.82) is 0 Å². The van der Waals surface area contributed by atoms with Gasteiger partial charge in [-0.3, -0.25) is 0 Å². The van der Waals surface area contributed by atoms with Gasteiger partial charge in [0.2, 0.25) is 0 Å². The van der Waals surface area contributed by atoms with Crippen LogP contribution >= 0.6 is 0 Å². The van der Waals surface area contributed by atoms with Gasteiger partial charge in [-0.05, 0) is 36.3 Å². The number of nitrogens with one attached hydrogen (secondary N) is 2. The second-order valence-corrected chi connectivity index (χ2v) is 5.33. The molecule has 1 aromatic heterocycles. The van der Waals surface area contributed by atoms with E-state index in [2.05, 4.69) is 46.5 Å². The van der Waals surface area contributed by atoms with Gasteiger partial charge < -0.3 is 10.3 Å². The molecule has 1 heterocycles. The number of H-pyrrole nitrogens is 1. The normalized spacial score (nSPS) is 16.5. The molecule has 0 aliphatic heterocycles. The van der Waals surface area contributed by atoms with Gasteiger partial charge in [-0.1, -0.05) is 31.2 Å². The maximum Gasteiger partial charge on any atom is 0.123 e. The van der Waals surface area contributed by atoms with Crippen molar-refractivity contribution in [3.05, 3.63) is 53.6 Å². The van der Waals surface area contributed by atoms with Gasteiger partial charge >= 0.3 is 0 Å². The van der Waals surface area contributed by atoms with Crippen LogP contribution in [0.25, 0.3) is 0 Å². The molecule has 1 saturated carbocycles. The highest BCUT2D eigenvalue weighted by molar-refractivity contribution is 5.28. The zero-order valence-corrected chi connectivity index (χ0v) is 11.4. The van der Waals surface area contributed by atoms with E-state index >= 15 is 0 Å². The molecule has 19 heavy (non-hydrogen) atoms. The third-order valence-corrected chi connectivity index (χ3v) is 3.84. The average Bonchev–Trinajstić information content (AvgIpc) is 3.16. The molecular weight excluding hydrogens is 234 g/mol. The van der Waals surface area contributed by atoms with E-state index in [0.29, 0.717) is 6.04 Å². The molecule has 3 heteroatoms. The van der Waals surface area contributed by atoms with E-state index in [4.69, 9.17) is 0 Å². The van der Waals surface area contributed by atoms with Gasteiger partial charge in [-0.15, -0.1) is 0 Å². The van der Waals surface area contributed by atoms with Crippen LogP contribution in [0.5, 0.6) is 0 Å². The van der Waals surface area contributed by atoms with Crippen LogP contribution in [0.3, 0.4) is 0 Å². The lowest BCUT2D eigenvalue weighted by molar-refractivity contribution is 0.498. The third-order valence-electron chi connectivity index (χ3n) is 3.84. The Labute approximate surface area is 114 Å². The molecule has 1 atom stereocenters. The van der Waals surface area contributed by atoms with Gasteiger partial charge in [0.05, 0.1) is 6.04 Å². The average molecular weight is 255 g/mol. The van der Waals surface area contributed by atoms with Crippen molar-refractivity contribution in [2.45, 2.75) is 44.7 Å². The van der Waals surface area contributed by atoms with Crippen LogP contribution in [0.1, 0.15) is 55.1 Å². The Morgan fingerprint density at radius 3 is 2.68 bits per heavy atom. The molecule has 0 radical (unpaired) electrons. The molecule has 2 aromatic rings. The first-order chi connectivity index (χ1) is 9.36. The van der Waals surface area contributed by atoms with E-state index in [-0.39, 0.29) is 0 Å². The Morgan fingerprint density at radius 2 is 2.11 bits per heavy atom. The van der Waals surface area contributed by atoms with Gasteiger partial charge in [-0.2, -0.15) is 0 Å². The topological polar surface area (TPSA) is 40.7 Å². The van der Waals surface area contributed by atoms with E-state index in [0.717, 1.165) is 24.7 Å². The van der Waals surface area contributed by atoms with Crippen molar-refractivity contribution < 1.29 is 0 Å². The number of nitrogens with zero attached hydrogens (tertiary/aromatic N) is 1. The molecule has 1 fully saturated rings. The maximum absolute atomic E-state index is 4.33. The molecular formula is C16H21N3. The summed E-state index contributed by atoms with van der Waals surface area (Å²) in [6.45, 7) is 3.07. The van der Waals surface area contributed by atoms with E-state index in [1.165, 1.54) is 24.0 Å². The Kier molecular flexibility index (Phi) is 3.65. The van der Waals surface area contributed by atoms with E-state index in [9.17, 15) is 0 Å². The number of aromatic nitrogens is 2. The van der Waals surface area contributed by atoms with Gasteiger partial charge in [0, 0.05) is 18.9 Å². The summed E-state index contributed by atoms with van der Waals surface area (Å²) in [7, 11) is 0. The predicted molar refractivity (Wildman–Crippen MR) is 76.9 cm³/mol. The summed E-state index contributed by atoms with van der Waals surface area (Å²) in [6.07, 6.45) is 7.46. The minimum Gasteiger partial charge on any atom is -0.347 e. The molecule has 1 aromatic carbocycles. The third kappa shape index (κ3) is 3.04. The summed E-state index contributed by atoms with van der Waals surface area (Å²) in [5.41, 5.74) is 2.84. The minimum atomic E-state index is 0.304. The van der Waals surface area contributed by atoms with Crippen LogP contribution in [0.4, 0.5) is 0 Å². The van der Waals surface area contributed by atoms with Crippen molar-refractivity contribution >= 4 is 0 Å². The van der Waals surface area contributed by atoms with Gasteiger partial charge in [0.1, 0.15) is 5.82 Å². The van der Waals surface area contributed by atoms with Crippen LogP contribution in [0.15, 0.2) is 36.7 Å². The Morgan fingerprint density at radius 1 is 1.32 bits per heavy atom. The van der Waals surface area contributed by atoms with Crippen LogP contribution in [0, 0.1) is 0 Å². The second kappa shape index (κ2) is 5.57. The first-order valence-corrected chi connectivity index (χ1v) is 7.18. The van der Waals surface area contributed by atoms with Crippen molar-refractivity contribution in [2.75, 3.05) is 0 Å². The lowest BCUT2D eigenvalue weighted by Crippen LogP contribution is -2.21. The fraction of sp³-hybridized carbons (Fsp3) is 0.438. The molecule has 100 valence electrons. The van der Waals surface area contributed by atoms with E-state index < -0.39 is 0 Å². The first-order valence-electron chi connectivity index (χ1n) is 7.18. The molecule has 0 amide bonds. The highest BCUT2D eigenvalue weighted by Gasteiger charge is 2.22. The standard InChI is InChI=1S/C16H21N3/c1-2-15(16-17-9-10-18-16)19-11-12-3-5-13(6-4-12)14-7-8-14/h3-6,9-10,14-15,19H,2,7-8,11H2,1H3,(H,17,18). The number of rotatable bonds is 6. The van der Waals surface area contributed by atoms with Gasteiger partial charge in [-0.25, -0.2) is 4.98 Å². The largest absolute Gasteiger partial charge is 0.347 e. The molecule has 3 nitrogen and oxygen atoms in total. The van der Waals surface area contributed by atoms with Crippen molar-refractivity contribution in [3.63, 3.8) is 0 Å². The lowest BCUT2D eigenvalue weighted by atomic mass is 10.1. The minimum absolute atomic E-state index is 0.304. The molecule has 0 bridgehead atoms. The fourth-order valence-electron chi connectivity index (χ4n) is 2.47. The number of hydrogen-bond acceptors (Lipinski definition) is 2. The molecule has 1 unspecified atom stereocenters. The molecule has 0 saturated heterocycles. The Balaban J connectivity index is 1.58. The lowest BCUT2D eigenvalue weighted by Gasteiger charge is -2.14. The summed E-state index contributed by atoms with van der Waals surface area (Å²) >= 11 is 0. The van der Waals surface area contributed by atoms with Crippen molar-refractivity contribution in [2.24, 2.45) is 0 Å². The summed E-state index contributed by atoms with van der Waals surface area (Å²) < 4.78 is 0. The Bertz CT molecular complexity index is 497. The first kappa shape index (κ1) is 12.4. The van der Waals surface area contributed by atoms with Gasteiger partial charge in [0.15, 0.2) is 0 Å². The van der Waals surface area contributed by atoms with Crippen LogP contribution in [-0.2, 0) is 6.54 Å². The number of benzene rings is 1. The smallest absolute Gasteiger partial charge is 0.123 e. The van der Waals surface area contributed by atoms with Crippen molar-refractivity contribution in [3.8, 4) is 0 Å². The van der Waals surface area contributed by atoms with Crippen LogP contribution < -0.4 is 5.32 Å². The van der Waals surface area contributed by atoms with E-state index in [1.54, 1.807) is 0 Å². The monoisotopic (exact) mass is 255 g/mol. The zero-order chi connectivity index (χ0) is 13.1. The predicted octanol–water partition coefficient (Wildman–Crippen LogP) is 3.53. The summed E-state index contributed by atoms with van der Waals surface area (Å²) in [5.74, 6) is 1.87. The summed E-state index contributed by atoms with van der Waals surface area (Å²) in [5, 5.41) is 3.56. The Hall–Kier alpha value is -1.61. The molecule has 1 aliphatic carbocycles. The molecule has 2 N–H and O–H groups in total. The van der Waals surface area contributed by atoms with Crippen molar-refractivity contribution in [1.82, 2.24) is 15.3 Å². The number of hydrogen-bond donors (Lipinski definition) is 2. The maximum atomic E-state index is 4.33. The SMILES string of the molecule is CCC(NCc1ccc(C2CC2)cc1)c1ncc[nH]1. The molecule has 3 rings (SSSR count). The van der Waals surface area contributed by atoms with Gasteiger partial charge in [0.25, 0.3) is 0 Å². The number of aromatic amines is 1. The number of imidazole rings is 1. The highest BCUT2D eigenvalue weighted by atomic mass is 15.0. The summed E-state index contributed by atoms with van der Waals surface area (Å²) in [6, 6.07) is 9.36. The molecule has 1 aliphatic rings. The van der Waals surface area contributed by atoms with Crippen LogP contribution in [0.2, 0.25) is 0 Å². The quantitative estimate of drug-likeness (QED) is 0.829. The zero-order valence-electron chi connectivity index (χ0n) is 11.4. The second-order valence-electron chi connectivity index (χ2n) is 5.33. The van der Waals surface area contributed by atoms with E-state index in [1.807, 2.05) is 12.4 Å². The fourth-order valence-corrected chi connectivity index (χ4v) is 2.47. The highest BCUT2D eigenvalue weighted by Crippen LogP contribution is 2.39. The van der Waals surface area contributed by atoms with Crippen LogP contribution in [-0.4, -0.2) is 9.97 Å².